The second-order valence-electron chi connectivity index (χ2n) is 12.8. The molecule has 0 unspecified atom stereocenters. The third kappa shape index (κ3) is 4.26. The second kappa shape index (κ2) is 10.7. The summed E-state index contributed by atoms with van der Waals surface area (Å²) >= 11 is 0. The SMILES string of the molecule is c1ccc(-c2ccc(-c3nc(-c4cccc5c4oc4ccccc45)nc(-n4c5ccccc5c5cc6oc7ccccc7c6cc54)n3)cc2)cc1. The third-order valence-electron chi connectivity index (χ3n) is 9.89. The number of aromatic nitrogens is 4. The molecule has 0 atom stereocenters. The van der Waals surface area contributed by atoms with Gasteiger partial charge in [-0.1, -0.05) is 121 Å². The lowest BCUT2D eigenvalue weighted by atomic mass is 10.0. The minimum absolute atomic E-state index is 0.522. The Labute approximate surface area is 290 Å². The third-order valence-corrected chi connectivity index (χ3v) is 9.89. The van der Waals surface area contributed by atoms with Crippen LogP contribution in [0.5, 0.6) is 0 Å². The molecule has 4 aromatic heterocycles. The van der Waals surface area contributed by atoms with Gasteiger partial charge in [0.15, 0.2) is 11.6 Å². The molecular weight excluding hydrogens is 629 g/mol. The molecule has 0 fully saturated rings. The van der Waals surface area contributed by atoms with E-state index in [9.17, 15) is 0 Å². The van der Waals surface area contributed by atoms with Crippen molar-refractivity contribution in [3.05, 3.63) is 158 Å². The first-order chi connectivity index (χ1) is 25.3. The van der Waals surface area contributed by atoms with Crippen LogP contribution in [0.2, 0.25) is 0 Å². The van der Waals surface area contributed by atoms with E-state index in [1.54, 1.807) is 0 Å². The highest BCUT2D eigenvalue weighted by atomic mass is 16.3. The second-order valence-corrected chi connectivity index (χ2v) is 12.8. The molecule has 0 amide bonds. The topological polar surface area (TPSA) is 69.9 Å². The molecule has 0 saturated carbocycles. The fourth-order valence-electron chi connectivity index (χ4n) is 7.48. The number of para-hydroxylation sites is 4. The van der Waals surface area contributed by atoms with Crippen LogP contribution < -0.4 is 0 Å². The lowest BCUT2D eigenvalue weighted by molar-refractivity contribution is 0.669. The van der Waals surface area contributed by atoms with Gasteiger partial charge in [-0.25, -0.2) is 4.98 Å². The van der Waals surface area contributed by atoms with Crippen LogP contribution in [-0.4, -0.2) is 19.5 Å². The lowest BCUT2D eigenvalue weighted by Crippen LogP contribution is -2.06. The number of benzene rings is 7. The summed E-state index contributed by atoms with van der Waals surface area (Å²) in [6, 6.07) is 53.9. The van der Waals surface area contributed by atoms with Gasteiger partial charge in [0, 0.05) is 37.9 Å². The standard InChI is InChI=1S/C45H26N4O2/c1-2-11-27(12-3-1)28-21-23-29(24-22-28)43-46-44(34-17-10-16-33-31-14-5-9-20-40(31)51-42(33)34)48-45(47-43)49-37-18-7-4-13-30(37)35-26-41-36(25-38(35)49)32-15-6-8-19-39(32)50-41/h1-26H. The molecule has 0 spiro atoms. The molecule has 0 N–H and O–H groups in total. The Morgan fingerprint density at radius 2 is 1.00 bits per heavy atom. The van der Waals surface area contributed by atoms with E-state index < -0.39 is 0 Å². The van der Waals surface area contributed by atoms with Gasteiger partial charge in [0.05, 0.1) is 16.6 Å². The van der Waals surface area contributed by atoms with Crippen molar-refractivity contribution >= 4 is 65.7 Å². The van der Waals surface area contributed by atoms with Gasteiger partial charge in [-0.15, -0.1) is 0 Å². The minimum atomic E-state index is 0.522. The summed E-state index contributed by atoms with van der Waals surface area (Å²) < 4.78 is 15.0. The van der Waals surface area contributed by atoms with E-state index >= 15 is 0 Å². The van der Waals surface area contributed by atoms with Crippen LogP contribution in [0.15, 0.2) is 167 Å². The van der Waals surface area contributed by atoms with Gasteiger partial charge in [-0.05, 0) is 47.5 Å². The van der Waals surface area contributed by atoms with E-state index in [0.29, 0.717) is 17.6 Å². The van der Waals surface area contributed by atoms with E-state index in [2.05, 4.69) is 108 Å². The van der Waals surface area contributed by atoms with Crippen molar-refractivity contribution in [3.63, 3.8) is 0 Å². The fourth-order valence-corrected chi connectivity index (χ4v) is 7.48. The Morgan fingerprint density at radius 3 is 1.82 bits per heavy atom. The highest BCUT2D eigenvalue weighted by molar-refractivity contribution is 6.17. The first-order valence-corrected chi connectivity index (χ1v) is 16.9. The van der Waals surface area contributed by atoms with Crippen molar-refractivity contribution in [2.24, 2.45) is 0 Å². The number of hydrogen-bond donors (Lipinski definition) is 0. The number of fused-ring (bicyclic) bond motifs is 9. The van der Waals surface area contributed by atoms with Gasteiger partial charge in [0.1, 0.15) is 22.3 Å². The average molecular weight is 655 g/mol. The van der Waals surface area contributed by atoms with Crippen molar-refractivity contribution in [2.45, 2.75) is 0 Å². The van der Waals surface area contributed by atoms with E-state index in [0.717, 1.165) is 87.9 Å². The first-order valence-electron chi connectivity index (χ1n) is 16.9. The molecule has 0 radical (unpaired) electrons. The maximum absolute atomic E-state index is 6.48. The van der Waals surface area contributed by atoms with Crippen LogP contribution >= 0.6 is 0 Å². The molecule has 0 aliphatic carbocycles. The molecule has 6 heteroatoms. The minimum Gasteiger partial charge on any atom is -0.456 e. The molecule has 11 rings (SSSR count). The summed E-state index contributed by atoms with van der Waals surface area (Å²) in [6.45, 7) is 0. The Hall–Kier alpha value is -7.05. The van der Waals surface area contributed by atoms with Gasteiger partial charge in [-0.2, -0.15) is 9.97 Å². The molecule has 4 heterocycles. The zero-order chi connectivity index (χ0) is 33.5. The molecule has 7 aromatic carbocycles. The Balaban J connectivity index is 1.20. The summed E-state index contributed by atoms with van der Waals surface area (Å²) in [7, 11) is 0. The van der Waals surface area contributed by atoms with Crippen molar-refractivity contribution in [1.82, 2.24) is 19.5 Å². The predicted octanol–water partition coefficient (Wildman–Crippen LogP) is 11.8. The van der Waals surface area contributed by atoms with Crippen molar-refractivity contribution < 1.29 is 8.83 Å². The molecule has 6 nitrogen and oxygen atoms in total. The summed E-state index contributed by atoms with van der Waals surface area (Å²) in [5, 5.41) is 6.33. The predicted molar refractivity (Wildman–Crippen MR) is 205 cm³/mol. The smallest absolute Gasteiger partial charge is 0.238 e. The van der Waals surface area contributed by atoms with Crippen LogP contribution in [-0.2, 0) is 0 Å². The van der Waals surface area contributed by atoms with E-state index in [1.165, 1.54) is 0 Å². The quantitative estimate of drug-likeness (QED) is 0.189. The summed E-state index contributed by atoms with van der Waals surface area (Å²) in [5.74, 6) is 1.63. The van der Waals surface area contributed by atoms with Gasteiger partial charge in [-0.3, -0.25) is 4.57 Å². The normalized spacial score (nSPS) is 11.9. The van der Waals surface area contributed by atoms with Gasteiger partial charge in [0.2, 0.25) is 5.95 Å². The molecule has 51 heavy (non-hydrogen) atoms. The maximum Gasteiger partial charge on any atom is 0.238 e. The molecule has 0 saturated heterocycles. The van der Waals surface area contributed by atoms with Crippen LogP contribution in [0.3, 0.4) is 0 Å². The first kappa shape index (κ1) is 27.9. The van der Waals surface area contributed by atoms with Crippen molar-refractivity contribution in [1.29, 1.82) is 0 Å². The maximum atomic E-state index is 6.48. The summed E-state index contributed by atoms with van der Waals surface area (Å²) in [6.07, 6.45) is 0. The Bertz CT molecular complexity index is 3140. The average Bonchev–Trinajstić information content (AvgIpc) is 3.86. The molecule has 0 aliphatic rings. The van der Waals surface area contributed by atoms with Crippen molar-refractivity contribution in [2.75, 3.05) is 0 Å². The van der Waals surface area contributed by atoms with Crippen LogP contribution in [0, 0.1) is 0 Å². The van der Waals surface area contributed by atoms with E-state index in [-0.39, 0.29) is 0 Å². The van der Waals surface area contributed by atoms with Crippen molar-refractivity contribution in [3.8, 4) is 39.9 Å². The van der Waals surface area contributed by atoms with Crippen LogP contribution in [0.25, 0.3) is 106 Å². The molecular formula is C45H26N4O2. The number of nitrogens with zero attached hydrogens (tertiary/aromatic N) is 4. The zero-order valence-electron chi connectivity index (χ0n) is 27.1. The zero-order valence-corrected chi connectivity index (χ0v) is 27.1. The summed E-state index contributed by atoms with van der Waals surface area (Å²) in [4.78, 5) is 15.6. The number of furan rings is 2. The summed E-state index contributed by atoms with van der Waals surface area (Å²) in [5.41, 5.74) is 9.23. The highest BCUT2D eigenvalue weighted by Crippen LogP contribution is 2.39. The van der Waals surface area contributed by atoms with Gasteiger partial charge in [0.25, 0.3) is 0 Å². The number of hydrogen-bond acceptors (Lipinski definition) is 5. The largest absolute Gasteiger partial charge is 0.456 e. The van der Waals surface area contributed by atoms with Gasteiger partial charge < -0.3 is 8.83 Å². The number of rotatable bonds is 4. The fraction of sp³-hybridized carbons (Fsp3) is 0. The Morgan fingerprint density at radius 1 is 0.373 bits per heavy atom. The molecule has 0 aliphatic heterocycles. The monoisotopic (exact) mass is 654 g/mol. The van der Waals surface area contributed by atoms with Gasteiger partial charge >= 0.3 is 0 Å². The highest BCUT2D eigenvalue weighted by Gasteiger charge is 2.21. The Kier molecular flexibility index (Phi) is 5.86. The molecule has 238 valence electrons. The molecule has 0 bridgehead atoms. The van der Waals surface area contributed by atoms with E-state index in [1.807, 2.05) is 54.6 Å². The van der Waals surface area contributed by atoms with Crippen LogP contribution in [0.4, 0.5) is 0 Å². The van der Waals surface area contributed by atoms with E-state index in [4.69, 9.17) is 23.8 Å². The molecule has 11 aromatic rings. The lowest BCUT2D eigenvalue weighted by Gasteiger charge is -2.11. The van der Waals surface area contributed by atoms with Crippen LogP contribution in [0.1, 0.15) is 0 Å².